The number of hydrogen-bond acceptors (Lipinski definition) is 3. The summed E-state index contributed by atoms with van der Waals surface area (Å²) >= 11 is 0. The summed E-state index contributed by atoms with van der Waals surface area (Å²) in [5, 5.41) is 0. The van der Waals surface area contributed by atoms with Gasteiger partial charge in [0, 0.05) is 26.2 Å². The first-order valence-electron chi connectivity index (χ1n) is 13.4. The van der Waals surface area contributed by atoms with Crippen molar-refractivity contribution in [2.75, 3.05) is 26.2 Å². The number of carbonyl (C=O) groups is 2. The molecule has 6 rings (SSSR count). The molecule has 6 nitrogen and oxygen atoms in total. The van der Waals surface area contributed by atoms with Crippen LogP contribution in [-0.4, -0.2) is 58.7 Å². The number of hydrogen-bond donors (Lipinski definition) is 0. The fourth-order valence-electron chi connectivity index (χ4n) is 5.88. The average Bonchev–Trinajstić information content (AvgIpc) is 3.72. The van der Waals surface area contributed by atoms with E-state index in [1.54, 1.807) is 12.1 Å². The zero-order chi connectivity index (χ0) is 25.2. The Morgan fingerprint density at radius 3 is 1.51 bits per heavy atom. The Morgan fingerprint density at radius 2 is 1.03 bits per heavy atom. The van der Waals surface area contributed by atoms with E-state index in [1.807, 2.05) is 60.7 Å². The van der Waals surface area contributed by atoms with E-state index >= 15 is 0 Å². The Morgan fingerprint density at radius 1 is 0.595 bits per heavy atom. The van der Waals surface area contributed by atoms with Crippen LogP contribution in [0.15, 0.2) is 89.9 Å². The van der Waals surface area contributed by atoms with Crippen molar-refractivity contribution in [2.45, 2.75) is 37.8 Å². The molecule has 2 amide bonds. The number of likely N-dealkylation sites (tertiary alicyclic amines) is 2. The largest absolute Gasteiger partial charge is 0.343 e. The lowest BCUT2D eigenvalue weighted by Gasteiger charge is -2.35. The maximum atomic E-state index is 13.8. The first-order valence-corrected chi connectivity index (χ1v) is 13.4. The Balaban J connectivity index is 1.53. The van der Waals surface area contributed by atoms with Gasteiger partial charge in [-0.3, -0.25) is 14.5 Å². The summed E-state index contributed by atoms with van der Waals surface area (Å²) in [7, 11) is 0. The van der Waals surface area contributed by atoms with Crippen LogP contribution in [0.3, 0.4) is 0 Å². The Labute approximate surface area is 218 Å². The number of fused-ring (bicyclic) bond motifs is 1. The van der Waals surface area contributed by atoms with E-state index < -0.39 is 12.1 Å². The van der Waals surface area contributed by atoms with Crippen LogP contribution in [0.5, 0.6) is 0 Å². The molecule has 188 valence electrons. The topological polar surface area (TPSA) is 56.2 Å². The molecule has 0 bridgehead atoms. The summed E-state index contributed by atoms with van der Waals surface area (Å²) in [6.07, 6.45) is 4.62. The van der Waals surface area contributed by atoms with Gasteiger partial charge < -0.3 is 9.80 Å². The third-order valence-corrected chi connectivity index (χ3v) is 7.72. The number of rotatable bonds is 5. The summed E-state index contributed by atoms with van der Waals surface area (Å²) in [4.78, 5) is 39.3. The van der Waals surface area contributed by atoms with E-state index in [0.29, 0.717) is 11.1 Å². The number of benzene rings is 3. The third-order valence-electron chi connectivity index (χ3n) is 7.72. The quantitative estimate of drug-likeness (QED) is 0.275. The molecule has 0 aromatic heterocycles. The van der Waals surface area contributed by atoms with Crippen molar-refractivity contribution in [1.29, 1.82) is 0 Å². The lowest BCUT2D eigenvalue weighted by atomic mass is 9.92. The molecule has 2 fully saturated rings. The molecule has 2 saturated heterocycles. The van der Waals surface area contributed by atoms with Crippen LogP contribution in [0, 0.1) is 0 Å². The molecule has 3 aliphatic rings. The summed E-state index contributed by atoms with van der Waals surface area (Å²) < 4.78 is 0. The lowest BCUT2D eigenvalue weighted by Crippen LogP contribution is -2.43. The predicted octanol–water partition coefficient (Wildman–Crippen LogP) is 5.31. The van der Waals surface area contributed by atoms with Gasteiger partial charge in [0.1, 0.15) is 6.04 Å². The predicted molar refractivity (Wildman–Crippen MR) is 144 cm³/mol. The zero-order valence-electron chi connectivity index (χ0n) is 21.0. The summed E-state index contributed by atoms with van der Waals surface area (Å²) in [6.45, 7) is 3.94. The van der Waals surface area contributed by atoms with Gasteiger partial charge in [0.2, 0.25) is 0 Å². The van der Waals surface area contributed by atoms with Crippen LogP contribution in [0.25, 0.3) is 0 Å². The van der Waals surface area contributed by atoms with E-state index in [9.17, 15) is 9.59 Å². The molecule has 0 N–H and O–H groups in total. The highest BCUT2D eigenvalue weighted by Gasteiger charge is 2.44. The van der Waals surface area contributed by atoms with E-state index in [1.165, 1.54) is 4.90 Å². The standard InChI is InChI=1S/C31H32N4O2/c36-29-25-17-7-8-18-26(25)30(37)35(29)28(24-15-5-2-6-16-24)27(23-13-3-1-4-14-23)32-31(33-19-9-10-20-33)34-21-11-12-22-34/h1-8,13-18,27-28H,9-12,19-22H2/t27-,28-/m1/s1. The van der Waals surface area contributed by atoms with Crippen molar-refractivity contribution < 1.29 is 9.59 Å². The van der Waals surface area contributed by atoms with Crippen molar-refractivity contribution >= 4 is 17.8 Å². The van der Waals surface area contributed by atoms with Crippen molar-refractivity contribution in [3.05, 3.63) is 107 Å². The Kier molecular flexibility index (Phi) is 6.47. The number of amides is 2. The second-order valence-electron chi connectivity index (χ2n) is 10.1. The molecule has 6 heteroatoms. The number of nitrogens with zero attached hydrogens (tertiary/aromatic N) is 4. The van der Waals surface area contributed by atoms with E-state index in [4.69, 9.17) is 4.99 Å². The van der Waals surface area contributed by atoms with Gasteiger partial charge in [0.05, 0.1) is 17.2 Å². The molecule has 3 aromatic rings. The summed E-state index contributed by atoms with van der Waals surface area (Å²) in [6, 6.07) is 26.2. The Bertz CT molecular complexity index is 1240. The van der Waals surface area contributed by atoms with Crippen LogP contribution in [0.4, 0.5) is 0 Å². The van der Waals surface area contributed by atoms with Gasteiger partial charge in [-0.05, 0) is 48.9 Å². The van der Waals surface area contributed by atoms with E-state index in [0.717, 1.165) is 68.9 Å². The van der Waals surface area contributed by atoms with Gasteiger partial charge in [-0.15, -0.1) is 0 Å². The summed E-state index contributed by atoms with van der Waals surface area (Å²) in [5.74, 6) is 0.491. The molecule has 0 saturated carbocycles. The van der Waals surface area contributed by atoms with Gasteiger partial charge in [0.25, 0.3) is 11.8 Å². The molecule has 3 aromatic carbocycles. The SMILES string of the molecule is O=C1c2ccccc2C(=O)N1[C@H](c1ccccc1)[C@H](N=C(N1CCCC1)N1CCCC1)c1ccccc1. The first-order chi connectivity index (χ1) is 18.2. The monoisotopic (exact) mass is 492 g/mol. The van der Waals surface area contributed by atoms with Crippen molar-refractivity contribution in [1.82, 2.24) is 14.7 Å². The molecule has 0 aliphatic carbocycles. The van der Waals surface area contributed by atoms with Crippen molar-refractivity contribution in [3.8, 4) is 0 Å². The third kappa shape index (κ3) is 4.41. The smallest absolute Gasteiger partial charge is 0.262 e. The molecular formula is C31H32N4O2. The molecule has 2 atom stereocenters. The van der Waals surface area contributed by atoms with Gasteiger partial charge in [-0.2, -0.15) is 0 Å². The minimum atomic E-state index is -0.573. The number of aliphatic imine (C=N–C) groups is 1. The highest BCUT2D eigenvalue weighted by molar-refractivity contribution is 6.21. The maximum absolute atomic E-state index is 13.8. The van der Waals surface area contributed by atoms with Gasteiger partial charge in [0.15, 0.2) is 5.96 Å². The van der Waals surface area contributed by atoms with E-state index in [2.05, 4.69) is 21.9 Å². The lowest BCUT2D eigenvalue weighted by molar-refractivity contribution is 0.0557. The molecule has 3 aliphatic heterocycles. The fourth-order valence-corrected chi connectivity index (χ4v) is 5.88. The van der Waals surface area contributed by atoms with Gasteiger partial charge in [-0.25, -0.2) is 4.99 Å². The number of imide groups is 1. The highest BCUT2D eigenvalue weighted by Crippen LogP contribution is 2.42. The van der Waals surface area contributed by atoms with Crippen LogP contribution < -0.4 is 0 Å². The second-order valence-corrected chi connectivity index (χ2v) is 10.1. The fraction of sp³-hybridized carbons (Fsp3) is 0.323. The molecule has 0 radical (unpaired) electrons. The number of carbonyl (C=O) groups excluding carboxylic acids is 2. The van der Waals surface area contributed by atoms with Gasteiger partial charge in [-0.1, -0.05) is 72.8 Å². The molecule has 0 unspecified atom stereocenters. The van der Waals surface area contributed by atoms with Crippen LogP contribution in [0.1, 0.15) is 69.6 Å². The Hall–Kier alpha value is -3.93. The molecule has 3 heterocycles. The van der Waals surface area contributed by atoms with Crippen molar-refractivity contribution in [3.63, 3.8) is 0 Å². The van der Waals surface area contributed by atoms with E-state index in [-0.39, 0.29) is 11.8 Å². The normalized spacial score (nSPS) is 18.8. The zero-order valence-corrected chi connectivity index (χ0v) is 21.0. The van der Waals surface area contributed by atoms with Crippen LogP contribution in [0.2, 0.25) is 0 Å². The van der Waals surface area contributed by atoms with Crippen LogP contribution >= 0.6 is 0 Å². The first kappa shape index (κ1) is 23.5. The minimum Gasteiger partial charge on any atom is -0.343 e. The molecule has 37 heavy (non-hydrogen) atoms. The number of guanidine groups is 1. The summed E-state index contributed by atoms with van der Waals surface area (Å²) in [5.41, 5.74) is 2.81. The highest BCUT2D eigenvalue weighted by atomic mass is 16.2. The minimum absolute atomic E-state index is 0.255. The molecular weight excluding hydrogens is 460 g/mol. The second kappa shape index (κ2) is 10.2. The average molecular weight is 493 g/mol. The maximum Gasteiger partial charge on any atom is 0.262 e. The van der Waals surface area contributed by atoms with Crippen LogP contribution in [-0.2, 0) is 0 Å². The molecule has 0 spiro atoms. The van der Waals surface area contributed by atoms with Gasteiger partial charge >= 0.3 is 0 Å². The van der Waals surface area contributed by atoms with Crippen molar-refractivity contribution in [2.24, 2.45) is 4.99 Å².